The van der Waals surface area contributed by atoms with Gasteiger partial charge in [0.2, 0.25) is 0 Å². The third-order valence-electron chi connectivity index (χ3n) is 4.83. The summed E-state index contributed by atoms with van der Waals surface area (Å²) in [6.07, 6.45) is 0. The molecule has 1 N–H and O–H groups in total. The molecule has 0 saturated heterocycles. The molecule has 0 unspecified atom stereocenters. The van der Waals surface area contributed by atoms with Crippen molar-refractivity contribution in [3.8, 4) is 5.75 Å². The number of anilines is 2. The van der Waals surface area contributed by atoms with Crippen LogP contribution in [-0.4, -0.2) is 18.9 Å². The second-order valence-corrected chi connectivity index (χ2v) is 6.87. The molecule has 0 fully saturated rings. The van der Waals surface area contributed by atoms with E-state index in [0.29, 0.717) is 22.7 Å². The fourth-order valence-corrected chi connectivity index (χ4v) is 3.44. The van der Waals surface area contributed by atoms with Crippen molar-refractivity contribution in [2.24, 2.45) is 0 Å². The number of aryl methyl sites for hydroxylation is 1. The Morgan fingerprint density at radius 2 is 1.63 bits per heavy atom. The number of rotatable bonds is 5. The quantitative estimate of drug-likeness (QED) is 0.637. The van der Waals surface area contributed by atoms with Crippen molar-refractivity contribution in [1.82, 2.24) is 0 Å². The second kappa shape index (κ2) is 7.83. The molecule has 4 rings (SSSR count). The number of methoxy groups -OCH3 is 1. The van der Waals surface area contributed by atoms with Crippen LogP contribution in [0, 0.1) is 12.7 Å². The Labute approximate surface area is 173 Å². The van der Waals surface area contributed by atoms with Crippen LogP contribution in [0.2, 0.25) is 0 Å². The number of hydrogen-bond acceptors (Lipinski definition) is 4. The summed E-state index contributed by atoms with van der Waals surface area (Å²) in [5, 5.41) is 3.11. The van der Waals surface area contributed by atoms with Gasteiger partial charge in [-0.15, -0.1) is 0 Å². The zero-order valence-electron chi connectivity index (χ0n) is 16.5. The summed E-state index contributed by atoms with van der Waals surface area (Å²) in [5.41, 5.74) is 2.81. The van der Waals surface area contributed by atoms with Crippen LogP contribution >= 0.6 is 0 Å². The second-order valence-electron chi connectivity index (χ2n) is 6.87. The van der Waals surface area contributed by atoms with Gasteiger partial charge in [0.1, 0.15) is 17.3 Å². The normalized spacial score (nSPS) is 13.8. The summed E-state index contributed by atoms with van der Waals surface area (Å²) < 4.78 is 18.8. The molecule has 5 nitrogen and oxygen atoms in total. The van der Waals surface area contributed by atoms with Crippen LogP contribution in [0.3, 0.4) is 0 Å². The Kier molecular flexibility index (Phi) is 5.06. The van der Waals surface area contributed by atoms with Gasteiger partial charge in [0, 0.05) is 11.3 Å². The van der Waals surface area contributed by atoms with Crippen molar-refractivity contribution in [1.29, 1.82) is 0 Å². The highest BCUT2D eigenvalue weighted by molar-refractivity contribution is 6.46. The Morgan fingerprint density at radius 1 is 0.900 bits per heavy atom. The van der Waals surface area contributed by atoms with Gasteiger partial charge in [0.25, 0.3) is 11.8 Å². The molecule has 30 heavy (non-hydrogen) atoms. The molecule has 0 saturated carbocycles. The predicted molar refractivity (Wildman–Crippen MR) is 114 cm³/mol. The lowest BCUT2D eigenvalue weighted by Crippen LogP contribution is -2.32. The Bertz CT molecular complexity index is 1170. The molecule has 150 valence electrons. The summed E-state index contributed by atoms with van der Waals surface area (Å²) in [5.74, 6) is -1.01. The highest BCUT2D eigenvalue weighted by Crippen LogP contribution is 2.37. The van der Waals surface area contributed by atoms with Crippen LogP contribution in [0.25, 0.3) is 5.57 Å². The lowest BCUT2D eigenvalue weighted by Gasteiger charge is -2.15. The number of nitrogens with zero attached hydrogens (tertiary/aromatic N) is 1. The third kappa shape index (κ3) is 3.43. The molecule has 0 atom stereocenters. The van der Waals surface area contributed by atoms with Gasteiger partial charge in [-0.2, -0.15) is 0 Å². The fourth-order valence-electron chi connectivity index (χ4n) is 3.44. The van der Waals surface area contributed by atoms with E-state index in [1.807, 2.05) is 31.2 Å². The first kappa shape index (κ1) is 19.4. The first-order valence-electron chi connectivity index (χ1n) is 9.35. The number of imide groups is 1. The van der Waals surface area contributed by atoms with E-state index < -0.39 is 17.6 Å². The molecule has 3 aromatic carbocycles. The van der Waals surface area contributed by atoms with Gasteiger partial charge in [-0.25, -0.2) is 9.29 Å². The molecule has 1 aliphatic rings. The van der Waals surface area contributed by atoms with Gasteiger partial charge < -0.3 is 10.1 Å². The van der Waals surface area contributed by atoms with Crippen molar-refractivity contribution >= 4 is 28.8 Å². The highest BCUT2D eigenvalue weighted by atomic mass is 19.1. The Hall–Kier alpha value is -3.93. The number of amides is 2. The van der Waals surface area contributed by atoms with Crippen LogP contribution in [0.15, 0.2) is 78.5 Å². The van der Waals surface area contributed by atoms with Crippen LogP contribution < -0.4 is 15.0 Å². The Morgan fingerprint density at radius 3 is 2.33 bits per heavy atom. The van der Waals surface area contributed by atoms with E-state index in [1.54, 1.807) is 24.3 Å². The molecule has 0 radical (unpaired) electrons. The van der Waals surface area contributed by atoms with E-state index in [-0.39, 0.29) is 11.3 Å². The number of hydrogen-bond donors (Lipinski definition) is 1. The largest absolute Gasteiger partial charge is 0.496 e. The van der Waals surface area contributed by atoms with Crippen LogP contribution in [0.5, 0.6) is 5.75 Å². The average Bonchev–Trinajstić information content (AvgIpc) is 2.98. The number of halogens is 1. The highest BCUT2D eigenvalue weighted by Gasteiger charge is 2.41. The number of carbonyl (C=O) groups excluding carboxylic acids is 2. The monoisotopic (exact) mass is 402 g/mol. The minimum atomic E-state index is -0.519. The molecule has 0 spiro atoms. The molecule has 0 aliphatic carbocycles. The van der Waals surface area contributed by atoms with E-state index >= 15 is 0 Å². The van der Waals surface area contributed by atoms with Gasteiger partial charge in [-0.1, -0.05) is 30.3 Å². The smallest absolute Gasteiger partial charge is 0.282 e. The van der Waals surface area contributed by atoms with E-state index in [9.17, 15) is 14.0 Å². The lowest BCUT2D eigenvalue weighted by atomic mass is 10.0. The average molecular weight is 402 g/mol. The van der Waals surface area contributed by atoms with Crippen LogP contribution in [0.1, 0.15) is 11.1 Å². The van der Waals surface area contributed by atoms with Crippen LogP contribution in [0.4, 0.5) is 15.8 Å². The standard InChI is InChI=1S/C24H19FN2O3/c1-15-6-5-7-17(14-15)26-22-21(19-8-3-4-9-20(19)30-2)23(28)27(24(22)29)18-12-10-16(25)11-13-18/h3-14,26H,1-2H3. The first-order valence-corrected chi connectivity index (χ1v) is 9.35. The molecule has 1 aliphatic heterocycles. The van der Waals surface area contributed by atoms with Gasteiger partial charge in [0.15, 0.2) is 0 Å². The molecule has 2 amide bonds. The van der Waals surface area contributed by atoms with Crippen molar-refractivity contribution in [3.05, 3.63) is 95.4 Å². The molecular weight excluding hydrogens is 383 g/mol. The van der Waals surface area contributed by atoms with Crippen molar-refractivity contribution in [3.63, 3.8) is 0 Å². The lowest BCUT2D eigenvalue weighted by molar-refractivity contribution is -0.120. The van der Waals surface area contributed by atoms with Crippen molar-refractivity contribution in [2.75, 3.05) is 17.3 Å². The van der Waals surface area contributed by atoms with E-state index in [4.69, 9.17) is 4.74 Å². The van der Waals surface area contributed by atoms with Crippen molar-refractivity contribution < 1.29 is 18.7 Å². The molecule has 6 heteroatoms. The molecule has 3 aromatic rings. The van der Waals surface area contributed by atoms with Gasteiger partial charge in [0.05, 0.1) is 18.4 Å². The number of nitrogens with one attached hydrogen (secondary N) is 1. The number of carbonyl (C=O) groups is 2. The summed E-state index contributed by atoms with van der Waals surface area (Å²) in [6.45, 7) is 1.94. The number of ether oxygens (including phenoxy) is 1. The van der Waals surface area contributed by atoms with Gasteiger partial charge in [-0.3, -0.25) is 9.59 Å². The SMILES string of the molecule is COc1ccccc1C1=C(Nc2cccc(C)c2)C(=O)N(c2ccc(F)cc2)C1=O. The summed E-state index contributed by atoms with van der Waals surface area (Å²) in [7, 11) is 1.51. The van der Waals surface area contributed by atoms with E-state index in [1.165, 1.54) is 31.4 Å². The van der Waals surface area contributed by atoms with Gasteiger partial charge >= 0.3 is 0 Å². The fraction of sp³-hybridized carbons (Fsp3) is 0.0833. The molecular formula is C24H19FN2O3. The number of benzene rings is 3. The minimum Gasteiger partial charge on any atom is -0.496 e. The zero-order valence-corrected chi connectivity index (χ0v) is 16.5. The summed E-state index contributed by atoms with van der Waals surface area (Å²) in [6, 6.07) is 19.7. The maximum absolute atomic E-state index is 13.4. The maximum atomic E-state index is 13.4. The summed E-state index contributed by atoms with van der Waals surface area (Å²) in [4.78, 5) is 27.8. The van der Waals surface area contributed by atoms with Gasteiger partial charge in [-0.05, 0) is 55.0 Å². The maximum Gasteiger partial charge on any atom is 0.282 e. The Balaban J connectivity index is 1.86. The van der Waals surface area contributed by atoms with Crippen molar-refractivity contribution in [2.45, 2.75) is 6.92 Å². The molecule has 1 heterocycles. The third-order valence-corrected chi connectivity index (χ3v) is 4.83. The summed E-state index contributed by atoms with van der Waals surface area (Å²) >= 11 is 0. The first-order chi connectivity index (χ1) is 14.5. The molecule has 0 bridgehead atoms. The predicted octanol–water partition coefficient (Wildman–Crippen LogP) is 4.54. The van der Waals surface area contributed by atoms with Crippen LogP contribution in [-0.2, 0) is 9.59 Å². The topological polar surface area (TPSA) is 58.6 Å². The van der Waals surface area contributed by atoms with E-state index in [0.717, 1.165) is 10.5 Å². The minimum absolute atomic E-state index is 0.138. The molecule has 0 aromatic heterocycles. The number of para-hydroxylation sites is 1. The zero-order chi connectivity index (χ0) is 21.3. The van der Waals surface area contributed by atoms with E-state index in [2.05, 4.69) is 5.32 Å².